The Kier molecular flexibility index (Phi) is 4.35. The number of hydrogen-bond donors (Lipinski definition) is 2. The Morgan fingerprint density at radius 1 is 1.36 bits per heavy atom. The third-order valence-electron chi connectivity index (χ3n) is 3.89. The quantitative estimate of drug-likeness (QED) is 0.857. The molecule has 0 atom stereocenters. The number of amides is 1. The van der Waals surface area contributed by atoms with Crippen molar-refractivity contribution in [2.75, 3.05) is 38.9 Å². The van der Waals surface area contributed by atoms with E-state index in [1.807, 2.05) is 4.90 Å². The number of ether oxygens (including phenoxy) is 3. The first-order chi connectivity index (χ1) is 10.7. The molecule has 2 aliphatic heterocycles. The van der Waals surface area contributed by atoms with Crippen LogP contribution in [0, 0.1) is 0 Å². The fourth-order valence-electron chi connectivity index (χ4n) is 2.66. The van der Waals surface area contributed by atoms with Gasteiger partial charge < -0.3 is 24.6 Å². The Morgan fingerprint density at radius 3 is 2.73 bits per heavy atom. The van der Waals surface area contributed by atoms with Gasteiger partial charge in [-0.1, -0.05) is 0 Å². The van der Waals surface area contributed by atoms with Gasteiger partial charge in [-0.25, -0.2) is 0 Å². The van der Waals surface area contributed by atoms with E-state index in [4.69, 9.17) is 14.2 Å². The largest absolute Gasteiger partial charge is 0.494 e. The van der Waals surface area contributed by atoms with E-state index in [-0.39, 0.29) is 18.8 Å². The summed E-state index contributed by atoms with van der Waals surface area (Å²) in [5.41, 5.74) is 0.564. The molecule has 0 radical (unpaired) electrons. The lowest BCUT2D eigenvalue weighted by atomic mass is 10.1. The molecule has 0 spiro atoms. The molecule has 0 aromatic heterocycles. The molecule has 22 heavy (non-hydrogen) atoms. The van der Waals surface area contributed by atoms with Crippen LogP contribution in [0.2, 0.25) is 0 Å². The van der Waals surface area contributed by atoms with E-state index in [1.54, 1.807) is 19.2 Å². The number of methoxy groups -OCH3 is 1. The molecule has 1 amide bonds. The van der Waals surface area contributed by atoms with Crippen LogP contribution in [-0.4, -0.2) is 55.6 Å². The number of piperidine rings is 1. The van der Waals surface area contributed by atoms with E-state index in [9.17, 15) is 9.90 Å². The maximum Gasteiger partial charge on any atom is 0.238 e. The fraction of sp³-hybridized carbons (Fsp3) is 0.533. The molecule has 1 saturated heterocycles. The number of rotatable bonds is 4. The molecule has 2 aliphatic rings. The van der Waals surface area contributed by atoms with Gasteiger partial charge in [0.1, 0.15) is 5.75 Å². The number of nitrogens with zero attached hydrogens (tertiary/aromatic N) is 1. The third kappa shape index (κ3) is 3.26. The molecule has 7 heteroatoms. The molecule has 0 aliphatic carbocycles. The fourth-order valence-corrected chi connectivity index (χ4v) is 2.66. The number of likely N-dealkylation sites (tertiary alicyclic amines) is 1. The normalized spacial score (nSPS) is 18.3. The van der Waals surface area contributed by atoms with Gasteiger partial charge in [0, 0.05) is 25.2 Å². The van der Waals surface area contributed by atoms with Crippen LogP contribution in [0.1, 0.15) is 12.8 Å². The van der Waals surface area contributed by atoms with Crippen molar-refractivity contribution >= 4 is 11.6 Å². The summed E-state index contributed by atoms with van der Waals surface area (Å²) in [7, 11) is 1.54. The standard InChI is InChI=1S/C15H20N2O5/c1-20-12-7-14-13(21-9-22-14)6-11(12)16-15(19)8-17-4-2-10(18)3-5-17/h6-7,10,18H,2-5,8-9H2,1H3,(H,16,19). The highest BCUT2D eigenvalue weighted by Gasteiger charge is 2.21. The molecule has 120 valence electrons. The molecule has 7 nitrogen and oxygen atoms in total. The van der Waals surface area contributed by atoms with E-state index >= 15 is 0 Å². The van der Waals surface area contributed by atoms with Crippen LogP contribution in [0.5, 0.6) is 17.2 Å². The molecule has 1 aromatic carbocycles. The number of anilines is 1. The summed E-state index contributed by atoms with van der Waals surface area (Å²) < 4.78 is 15.9. The molecule has 1 aromatic rings. The van der Waals surface area contributed by atoms with E-state index in [2.05, 4.69) is 5.32 Å². The number of aliphatic hydroxyl groups excluding tert-OH is 1. The summed E-state index contributed by atoms with van der Waals surface area (Å²) in [6, 6.07) is 3.41. The maximum atomic E-state index is 12.2. The zero-order valence-electron chi connectivity index (χ0n) is 12.5. The van der Waals surface area contributed by atoms with Crippen LogP contribution in [0.25, 0.3) is 0 Å². The Hall–Kier alpha value is -1.99. The lowest BCUT2D eigenvalue weighted by Gasteiger charge is -2.28. The Bertz CT molecular complexity index is 555. The van der Waals surface area contributed by atoms with Gasteiger partial charge in [-0.3, -0.25) is 9.69 Å². The van der Waals surface area contributed by atoms with Gasteiger partial charge in [0.2, 0.25) is 12.7 Å². The monoisotopic (exact) mass is 308 g/mol. The van der Waals surface area contributed by atoms with E-state index in [1.165, 1.54) is 0 Å². The van der Waals surface area contributed by atoms with Crippen LogP contribution in [-0.2, 0) is 4.79 Å². The van der Waals surface area contributed by atoms with Gasteiger partial charge >= 0.3 is 0 Å². The predicted octanol–water partition coefficient (Wildman–Crippen LogP) is 0.819. The first-order valence-corrected chi connectivity index (χ1v) is 7.33. The minimum atomic E-state index is -0.242. The van der Waals surface area contributed by atoms with Crippen molar-refractivity contribution in [2.24, 2.45) is 0 Å². The van der Waals surface area contributed by atoms with Gasteiger partial charge in [0.25, 0.3) is 0 Å². The molecule has 0 unspecified atom stereocenters. The van der Waals surface area contributed by atoms with Gasteiger partial charge in [-0.15, -0.1) is 0 Å². The van der Waals surface area contributed by atoms with Gasteiger partial charge in [0.05, 0.1) is 25.4 Å². The van der Waals surface area contributed by atoms with E-state index < -0.39 is 0 Å². The second-order valence-electron chi connectivity index (χ2n) is 5.46. The number of carbonyl (C=O) groups excluding carboxylic acids is 1. The molecule has 0 bridgehead atoms. The molecule has 0 saturated carbocycles. The highest BCUT2D eigenvalue weighted by molar-refractivity contribution is 5.94. The molecule has 2 heterocycles. The Balaban J connectivity index is 1.63. The van der Waals surface area contributed by atoms with Crippen LogP contribution in [0.4, 0.5) is 5.69 Å². The average molecular weight is 308 g/mol. The summed E-state index contributed by atoms with van der Waals surface area (Å²) in [6.45, 7) is 1.93. The lowest BCUT2D eigenvalue weighted by Crippen LogP contribution is -2.40. The minimum absolute atomic E-state index is 0.117. The SMILES string of the molecule is COc1cc2c(cc1NC(=O)CN1CCC(O)CC1)OCO2. The van der Waals surface area contributed by atoms with Crippen LogP contribution in [0.15, 0.2) is 12.1 Å². The summed E-state index contributed by atoms with van der Waals surface area (Å²) in [5, 5.41) is 12.3. The van der Waals surface area contributed by atoms with Crippen molar-refractivity contribution in [2.45, 2.75) is 18.9 Å². The second-order valence-corrected chi connectivity index (χ2v) is 5.46. The van der Waals surface area contributed by atoms with Gasteiger partial charge in [-0.2, -0.15) is 0 Å². The summed E-state index contributed by atoms with van der Waals surface area (Å²) in [5.74, 6) is 1.62. The molecular formula is C15H20N2O5. The predicted molar refractivity (Wildman–Crippen MR) is 79.4 cm³/mol. The topological polar surface area (TPSA) is 80.3 Å². The smallest absolute Gasteiger partial charge is 0.238 e. The van der Waals surface area contributed by atoms with Crippen molar-refractivity contribution in [1.82, 2.24) is 4.90 Å². The number of hydrogen-bond acceptors (Lipinski definition) is 6. The van der Waals surface area contributed by atoms with E-state index in [0.29, 0.717) is 42.3 Å². The Morgan fingerprint density at radius 2 is 2.05 bits per heavy atom. The first-order valence-electron chi connectivity index (χ1n) is 7.33. The van der Waals surface area contributed by atoms with Crippen molar-refractivity contribution in [1.29, 1.82) is 0 Å². The first kappa shape index (κ1) is 14.9. The summed E-state index contributed by atoms with van der Waals surface area (Å²) in [4.78, 5) is 14.2. The average Bonchev–Trinajstić information content (AvgIpc) is 2.96. The third-order valence-corrected chi connectivity index (χ3v) is 3.89. The molecule has 3 rings (SSSR count). The highest BCUT2D eigenvalue weighted by Crippen LogP contribution is 2.40. The number of benzene rings is 1. The number of fused-ring (bicyclic) bond motifs is 1. The number of carbonyl (C=O) groups is 1. The van der Waals surface area contributed by atoms with Crippen LogP contribution in [0.3, 0.4) is 0 Å². The van der Waals surface area contributed by atoms with Crippen molar-refractivity contribution in [3.05, 3.63) is 12.1 Å². The molecular weight excluding hydrogens is 288 g/mol. The van der Waals surface area contributed by atoms with Crippen molar-refractivity contribution < 1.29 is 24.1 Å². The van der Waals surface area contributed by atoms with Crippen molar-refractivity contribution in [3.63, 3.8) is 0 Å². The maximum absolute atomic E-state index is 12.2. The summed E-state index contributed by atoms with van der Waals surface area (Å²) in [6.07, 6.45) is 1.18. The minimum Gasteiger partial charge on any atom is -0.494 e. The number of nitrogens with one attached hydrogen (secondary N) is 1. The number of aliphatic hydroxyl groups is 1. The zero-order valence-corrected chi connectivity index (χ0v) is 12.5. The lowest BCUT2D eigenvalue weighted by molar-refractivity contribution is -0.117. The molecule has 2 N–H and O–H groups in total. The van der Waals surface area contributed by atoms with E-state index in [0.717, 1.165) is 13.1 Å². The van der Waals surface area contributed by atoms with Crippen LogP contribution >= 0.6 is 0 Å². The highest BCUT2D eigenvalue weighted by atomic mass is 16.7. The zero-order chi connectivity index (χ0) is 15.5. The van der Waals surface area contributed by atoms with Crippen LogP contribution < -0.4 is 19.5 Å². The summed E-state index contributed by atoms with van der Waals surface area (Å²) >= 11 is 0. The Labute approximate surface area is 128 Å². The van der Waals surface area contributed by atoms with Crippen molar-refractivity contribution in [3.8, 4) is 17.2 Å². The second kappa shape index (κ2) is 6.41. The van der Waals surface area contributed by atoms with Gasteiger partial charge in [-0.05, 0) is 12.8 Å². The van der Waals surface area contributed by atoms with Gasteiger partial charge in [0.15, 0.2) is 11.5 Å². The molecule has 1 fully saturated rings.